The van der Waals surface area contributed by atoms with Crippen molar-refractivity contribution < 1.29 is 9.59 Å². The fourth-order valence-corrected chi connectivity index (χ4v) is 5.53. The first-order valence-corrected chi connectivity index (χ1v) is 11.4. The number of imide groups is 1. The van der Waals surface area contributed by atoms with Crippen LogP contribution in [0.2, 0.25) is 0 Å². The SMILES string of the molecule is Cn1c(=O)n(C2CCC(=O)NC2=O)c2cccc(CCCN3CCC4(CC3)CNC4)c21. The number of nitrogens with one attached hydrogen (secondary N) is 2. The van der Waals surface area contributed by atoms with Gasteiger partial charge in [-0.1, -0.05) is 12.1 Å². The van der Waals surface area contributed by atoms with Crippen LogP contribution in [0, 0.1) is 5.41 Å². The molecule has 2 N–H and O–H groups in total. The van der Waals surface area contributed by atoms with E-state index in [1.54, 1.807) is 16.2 Å². The highest BCUT2D eigenvalue weighted by Gasteiger charge is 2.39. The van der Waals surface area contributed by atoms with E-state index in [1.807, 2.05) is 12.1 Å². The molecule has 4 heterocycles. The summed E-state index contributed by atoms with van der Waals surface area (Å²) in [6, 6.07) is 5.32. The molecular formula is C23H31N5O3. The van der Waals surface area contributed by atoms with Gasteiger partial charge in [0.05, 0.1) is 11.0 Å². The minimum absolute atomic E-state index is 0.201. The quantitative estimate of drug-likeness (QED) is 0.696. The van der Waals surface area contributed by atoms with Crippen molar-refractivity contribution in [2.24, 2.45) is 12.5 Å². The number of benzene rings is 1. The van der Waals surface area contributed by atoms with E-state index in [9.17, 15) is 14.4 Å². The molecule has 1 aromatic carbocycles. The Labute approximate surface area is 181 Å². The average Bonchev–Trinajstić information content (AvgIpc) is 2.99. The lowest BCUT2D eigenvalue weighted by Crippen LogP contribution is -2.58. The van der Waals surface area contributed by atoms with Gasteiger partial charge in [0.2, 0.25) is 11.8 Å². The van der Waals surface area contributed by atoms with Crippen molar-refractivity contribution in [1.29, 1.82) is 0 Å². The van der Waals surface area contributed by atoms with Crippen molar-refractivity contribution in [1.82, 2.24) is 24.7 Å². The maximum atomic E-state index is 13.0. The minimum Gasteiger partial charge on any atom is -0.316 e. The molecule has 0 bridgehead atoms. The number of likely N-dealkylation sites (tertiary alicyclic amines) is 1. The topological polar surface area (TPSA) is 88.4 Å². The molecule has 1 aromatic heterocycles. The van der Waals surface area contributed by atoms with Crippen LogP contribution in [0.1, 0.15) is 43.7 Å². The van der Waals surface area contributed by atoms with Gasteiger partial charge in [-0.05, 0) is 68.8 Å². The van der Waals surface area contributed by atoms with Gasteiger partial charge >= 0.3 is 5.69 Å². The number of aryl methyl sites for hydroxylation is 2. The first-order chi connectivity index (χ1) is 15.0. The molecule has 3 fully saturated rings. The fraction of sp³-hybridized carbons (Fsp3) is 0.609. The summed E-state index contributed by atoms with van der Waals surface area (Å²) in [5.74, 6) is -0.659. The number of piperidine rings is 2. The van der Waals surface area contributed by atoms with E-state index in [0.29, 0.717) is 11.8 Å². The summed E-state index contributed by atoms with van der Waals surface area (Å²) in [5, 5.41) is 5.79. The fourth-order valence-electron chi connectivity index (χ4n) is 5.53. The summed E-state index contributed by atoms with van der Waals surface area (Å²) in [6.07, 6.45) is 5.14. The van der Waals surface area contributed by atoms with E-state index in [2.05, 4.69) is 21.6 Å². The average molecular weight is 426 g/mol. The van der Waals surface area contributed by atoms with E-state index < -0.39 is 6.04 Å². The Balaban J connectivity index is 1.31. The molecule has 1 unspecified atom stereocenters. The van der Waals surface area contributed by atoms with Gasteiger partial charge < -0.3 is 10.2 Å². The smallest absolute Gasteiger partial charge is 0.316 e. The van der Waals surface area contributed by atoms with Crippen molar-refractivity contribution in [3.63, 3.8) is 0 Å². The number of rotatable bonds is 5. The minimum atomic E-state index is -0.634. The third-order valence-electron chi connectivity index (χ3n) is 7.55. The maximum Gasteiger partial charge on any atom is 0.329 e. The second kappa shape index (κ2) is 7.91. The number of nitrogens with zero attached hydrogens (tertiary/aromatic N) is 3. The van der Waals surface area contributed by atoms with Gasteiger partial charge in [0.1, 0.15) is 6.04 Å². The molecule has 2 aromatic rings. The van der Waals surface area contributed by atoms with E-state index in [4.69, 9.17) is 0 Å². The number of hydrogen-bond donors (Lipinski definition) is 2. The molecule has 0 saturated carbocycles. The number of para-hydroxylation sites is 1. The second-order valence-electron chi connectivity index (χ2n) is 9.51. The van der Waals surface area contributed by atoms with Crippen molar-refractivity contribution in [2.45, 2.75) is 44.6 Å². The Bertz CT molecular complexity index is 1070. The molecule has 1 spiro atoms. The van der Waals surface area contributed by atoms with Gasteiger partial charge in [0, 0.05) is 26.6 Å². The largest absolute Gasteiger partial charge is 0.329 e. The van der Waals surface area contributed by atoms with E-state index in [1.165, 1.54) is 39.0 Å². The molecule has 3 saturated heterocycles. The van der Waals surface area contributed by atoms with E-state index in [0.717, 1.165) is 36.0 Å². The summed E-state index contributed by atoms with van der Waals surface area (Å²) in [4.78, 5) is 39.5. The van der Waals surface area contributed by atoms with Gasteiger partial charge in [-0.15, -0.1) is 0 Å². The molecule has 0 aliphatic carbocycles. The number of fused-ring (bicyclic) bond motifs is 1. The zero-order valence-electron chi connectivity index (χ0n) is 18.2. The lowest BCUT2D eigenvalue weighted by Gasteiger charge is -2.48. The highest BCUT2D eigenvalue weighted by Crippen LogP contribution is 2.35. The van der Waals surface area contributed by atoms with Gasteiger partial charge in [-0.2, -0.15) is 0 Å². The van der Waals surface area contributed by atoms with Crippen LogP contribution in [0.5, 0.6) is 0 Å². The van der Waals surface area contributed by atoms with Crippen molar-refractivity contribution in [3.8, 4) is 0 Å². The summed E-state index contributed by atoms with van der Waals surface area (Å²) in [7, 11) is 1.77. The molecule has 2 amide bonds. The third kappa shape index (κ3) is 3.61. The highest BCUT2D eigenvalue weighted by atomic mass is 16.2. The van der Waals surface area contributed by atoms with Crippen LogP contribution in [0.3, 0.4) is 0 Å². The van der Waals surface area contributed by atoms with Crippen molar-refractivity contribution in [3.05, 3.63) is 34.2 Å². The normalized spacial score (nSPS) is 23.8. The number of carbonyl (C=O) groups excluding carboxylic acids is 2. The molecule has 0 radical (unpaired) electrons. The predicted octanol–water partition coefficient (Wildman–Crippen LogP) is 0.936. The number of aromatic nitrogens is 2. The Hall–Kier alpha value is -2.45. The standard InChI is InChI=1S/C23H31N5O3/c1-26-20-16(5-3-11-27-12-9-23(10-13-27)14-24-15-23)4-2-6-17(20)28(22(26)31)18-7-8-19(29)25-21(18)30/h2,4,6,18,24H,3,5,7-15H2,1H3,(H,25,29,30). The van der Waals surface area contributed by atoms with Gasteiger partial charge in [0.25, 0.3) is 0 Å². The number of imidazole rings is 1. The molecule has 31 heavy (non-hydrogen) atoms. The molecule has 166 valence electrons. The second-order valence-corrected chi connectivity index (χ2v) is 9.51. The Kier molecular flexibility index (Phi) is 5.22. The Morgan fingerprint density at radius 1 is 1.13 bits per heavy atom. The van der Waals surface area contributed by atoms with Crippen LogP contribution in [0.15, 0.2) is 23.0 Å². The number of hydrogen-bond acceptors (Lipinski definition) is 5. The predicted molar refractivity (Wildman–Crippen MR) is 118 cm³/mol. The Morgan fingerprint density at radius 2 is 1.90 bits per heavy atom. The molecule has 3 aliphatic heterocycles. The zero-order valence-corrected chi connectivity index (χ0v) is 18.2. The van der Waals surface area contributed by atoms with Gasteiger partial charge in [0.15, 0.2) is 0 Å². The lowest BCUT2D eigenvalue weighted by atomic mass is 9.73. The molecular weight excluding hydrogens is 394 g/mol. The maximum absolute atomic E-state index is 13.0. The number of carbonyl (C=O) groups is 2. The summed E-state index contributed by atoms with van der Waals surface area (Å²) >= 11 is 0. The van der Waals surface area contributed by atoms with Crippen LogP contribution in [-0.4, -0.2) is 58.6 Å². The van der Waals surface area contributed by atoms with Crippen molar-refractivity contribution >= 4 is 22.8 Å². The monoisotopic (exact) mass is 425 g/mol. The lowest BCUT2D eigenvalue weighted by molar-refractivity contribution is -0.135. The van der Waals surface area contributed by atoms with Crippen LogP contribution >= 0.6 is 0 Å². The molecule has 8 heteroatoms. The highest BCUT2D eigenvalue weighted by molar-refractivity contribution is 6.00. The van der Waals surface area contributed by atoms with Gasteiger partial charge in [-0.3, -0.25) is 24.0 Å². The molecule has 5 rings (SSSR count). The first-order valence-electron chi connectivity index (χ1n) is 11.4. The van der Waals surface area contributed by atoms with Crippen molar-refractivity contribution in [2.75, 3.05) is 32.7 Å². The van der Waals surface area contributed by atoms with Crippen LogP contribution in [0.4, 0.5) is 0 Å². The Morgan fingerprint density at radius 3 is 2.58 bits per heavy atom. The van der Waals surface area contributed by atoms with E-state index in [-0.39, 0.29) is 23.9 Å². The zero-order chi connectivity index (χ0) is 21.6. The van der Waals surface area contributed by atoms with Crippen LogP contribution in [-0.2, 0) is 23.1 Å². The molecule has 3 aliphatic rings. The summed E-state index contributed by atoms with van der Waals surface area (Å²) in [5.41, 5.74) is 3.18. The molecule has 1 atom stereocenters. The van der Waals surface area contributed by atoms with Crippen LogP contribution < -0.4 is 16.3 Å². The van der Waals surface area contributed by atoms with Gasteiger partial charge in [-0.25, -0.2) is 4.79 Å². The number of amides is 2. The third-order valence-corrected chi connectivity index (χ3v) is 7.55. The molecule has 8 nitrogen and oxygen atoms in total. The summed E-state index contributed by atoms with van der Waals surface area (Å²) < 4.78 is 3.22. The van der Waals surface area contributed by atoms with E-state index >= 15 is 0 Å². The first kappa shape index (κ1) is 20.5. The summed E-state index contributed by atoms with van der Waals surface area (Å²) in [6.45, 7) is 5.79. The van der Waals surface area contributed by atoms with Crippen LogP contribution in [0.25, 0.3) is 11.0 Å².